The lowest BCUT2D eigenvalue weighted by Gasteiger charge is -2.20. The van der Waals surface area contributed by atoms with Crippen LogP contribution in [0.25, 0.3) is 22.0 Å². The summed E-state index contributed by atoms with van der Waals surface area (Å²) >= 11 is 6.51. The van der Waals surface area contributed by atoms with Gasteiger partial charge >= 0.3 is 6.09 Å². The number of carbonyl (C=O) groups is 2. The molecule has 3 aromatic carbocycles. The molecule has 0 radical (unpaired) electrons. The molecule has 0 saturated carbocycles. The molecule has 0 N–H and O–H groups in total. The average molecular weight is 504 g/mol. The summed E-state index contributed by atoms with van der Waals surface area (Å²) in [6.07, 6.45) is 2.64. The van der Waals surface area contributed by atoms with Crippen LogP contribution in [0.1, 0.15) is 61.2 Å². The fourth-order valence-corrected chi connectivity index (χ4v) is 4.59. The third kappa shape index (κ3) is 5.12. The van der Waals surface area contributed by atoms with E-state index in [0.29, 0.717) is 22.5 Å². The van der Waals surface area contributed by atoms with Crippen LogP contribution in [0.15, 0.2) is 72.9 Å². The Bertz CT molecular complexity index is 1480. The lowest BCUT2D eigenvalue weighted by molar-refractivity contribution is 0.0544. The lowest BCUT2D eigenvalue weighted by Crippen LogP contribution is -2.26. The summed E-state index contributed by atoms with van der Waals surface area (Å²) in [7, 11) is 0. The van der Waals surface area contributed by atoms with Gasteiger partial charge in [-0.3, -0.25) is 9.36 Å². The number of hydrogen-bond donors (Lipinski definition) is 0. The second-order valence-electron chi connectivity index (χ2n) is 9.48. The normalized spacial score (nSPS) is 12.4. The molecule has 0 atom stereocenters. The van der Waals surface area contributed by atoms with Crippen LogP contribution in [-0.4, -0.2) is 22.5 Å². The summed E-state index contributed by atoms with van der Waals surface area (Å²) in [6, 6.07) is 19.3. The van der Waals surface area contributed by atoms with Crippen LogP contribution < -0.4 is 0 Å². The summed E-state index contributed by atoms with van der Waals surface area (Å²) in [5.74, 6) is -0.410. The fourth-order valence-electron chi connectivity index (χ4n) is 4.31. The first-order valence-electron chi connectivity index (χ1n) is 11.7. The quantitative estimate of drug-likeness (QED) is 0.203. The predicted octanol–water partition coefficient (Wildman–Crippen LogP) is 8.40. The van der Waals surface area contributed by atoms with Crippen molar-refractivity contribution in [3.05, 3.63) is 106 Å². The van der Waals surface area contributed by atoms with Crippen molar-refractivity contribution in [3.63, 3.8) is 0 Å². The molecule has 0 saturated heterocycles. The minimum absolute atomic E-state index is 0.312. The highest BCUT2D eigenvalue weighted by atomic mass is 35.5. The average Bonchev–Trinajstić information content (AvgIpc) is 3.27. The van der Waals surface area contributed by atoms with E-state index < -0.39 is 17.5 Å². The highest BCUT2D eigenvalue weighted by molar-refractivity contribution is 6.32. The highest BCUT2D eigenvalue weighted by Gasteiger charge is 2.22. The van der Waals surface area contributed by atoms with Gasteiger partial charge < -0.3 is 4.74 Å². The molecule has 0 aliphatic carbocycles. The topological polar surface area (TPSA) is 48.3 Å². The molecule has 6 heteroatoms. The molecule has 1 heterocycles. The van der Waals surface area contributed by atoms with Crippen LogP contribution in [0.4, 0.5) is 9.18 Å². The molecule has 184 valence electrons. The Labute approximate surface area is 215 Å². The van der Waals surface area contributed by atoms with Gasteiger partial charge in [-0.2, -0.15) is 0 Å². The largest absolute Gasteiger partial charge is 0.443 e. The second-order valence-corrected chi connectivity index (χ2v) is 9.88. The molecule has 0 unspecified atom stereocenters. The number of hydrogen-bond acceptors (Lipinski definition) is 3. The van der Waals surface area contributed by atoms with Crippen molar-refractivity contribution in [2.45, 2.75) is 39.7 Å². The first-order valence-corrected chi connectivity index (χ1v) is 12.1. The third-order valence-electron chi connectivity index (χ3n) is 5.84. The Balaban J connectivity index is 2.01. The molecule has 0 spiro atoms. The molecule has 4 nitrogen and oxygen atoms in total. The van der Waals surface area contributed by atoms with Crippen LogP contribution in [0.2, 0.25) is 5.02 Å². The lowest BCUT2D eigenvalue weighted by atomic mass is 9.86. The van der Waals surface area contributed by atoms with Gasteiger partial charge in [0, 0.05) is 17.1 Å². The molecule has 0 aliphatic rings. The van der Waals surface area contributed by atoms with Gasteiger partial charge in [-0.25, -0.2) is 9.18 Å². The molecular formula is C30H27ClFNO3. The maximum Gasteiger partial charge on any atom is 0.418 e. The molecule has 0 aliphatic heterocycles. The highest BCUT2D eigenvalue weighted by Crippen LogP contribution is 2.40. The van der Waals surface area contributed by atoms with E-state index in [2.05, 4.69) is 0 Å². The molecule has 1 aromatic heterocycles. The first kappa shape index (κ1) is 25.4. The van der Waals surface area contributed by atoms with E-state index in [0.717, 1.165) is 39.5 Å². The van der Waals surface area contributed by atoms with Crippen molar-refractivity contribution < 1.29 is 18.7 Å². The van der Waals surface area contributed by atoms with E-state index in [1.807, 2.05) is 64.1 Å². The molecular weight excluding hydrogens is 477 g/mol. The van der Waals surface area contributed by atoms with Crippen molar-refractivity contribution in [1.29, 1.82) is 0 Å². The van der Waals surface area contributed by atoms with Gasteiger partial charge in [0.15, 0.2) is 0 Å². The standard InChI is InChI=1S/C30H27ClFNO3/c1-5-22(23-14-13-21(32)17-26(23)31)28(20-11-9-19(18-34)10-12-20)25-7-6-8-27-24(25)15-16-33(27)29(35)36-30(2,3)4/h6-18H,5H2,1-4H3/b28-22+. The number of nitrogens with zero attached hydrogens (tertiary/aromatic N) is 1. The third-order valence-corrected chi connectivity index (χ3v) is 6.15. The van der Waals surface area contributed by atoms with Crippen molar-refractivity contribution in [1.82, 2.24) is 4.57 Å². The van der Waals surface area contributed by atoms with Gasteiger partial charge in [-0.05, 0) is 79.3 Å². The Morgan fingerprint density at radius 3 is 2.36 bits per heavy atom. The van der Waals surface area contributed by atoms with Crippen LogP contribution in [0.5, 0.6) is 0 Å². The van der Waals surface area contributed by atoms with Gasteiger partial charge in [-0.1, -0.05) is 61.0 Å². The number of rotatable bonds is 5. The number of benzene rings is 3. The minimum atomic E-state index is -0.634. The van der Waals surface area contributed by atoms with E-state index in [1.165, 1.54) is 16.7 Å². The maximum absolute atomic E-state index is 13.9. The van der Waals surface area contributed by atoms with E-state index >= 15 is 0 Å². The predicted molar refractivity (Wildman–Crippen MR) is 143 cm³/mol. The Hall–Kier alpha value is -3.70. The van der Waals surface area contributed by atoms with Gasteiger partial charge in [-0.15, -0.1) is 0 Å². The Morgan fingerprint density at radius 2 is 1.75 bits per heavy atom. The summed E-state index contributed by atoms with van der Waals surface area (Å²) in [5.41, 5.74) is 4.90. The van der Waals surface area contributed by atoms with Gasteiger partial charge in [0.2, 0.25) is 0 Å². The van der Waals surface area contributed by atoms with Crippen molar-refractivity contribution in [2.75, 3.05) is 0 Å². The molecule has 0 amide bonds. The number of fused-ring (bicyclic) bond motifs is 1. The number of aromatic nitrogens is 1. The monoisotopic (exact) mass is 503 g/mol. The summed E-state index contributed by atoms with van der Waals surface area (Å²) in [5, 5.41) is 1.16. The second kappa shape index (κ2) is 10.1. The van der Waals surface area contributed by atoms with E-state index in [1.54, 1.807) is 24.4 Å². The molecule has 0 bridgehead atoms. The van der Waals surface area contributed by atoms with Crippen LogP contribution >= 0.6 is 11.6 Å². The van der Waals surface area contributed by atoms with E-state index in [4.69, 9.17) is 16.3 Å². The van der Waals surface area contributed by atoms with Crippen LogP contribution in [0, 0.1) is 5.82 Å². The summed E-state index contributed by atoms with van der Waals surface area (Å²) < 4.78 is 21.0. The molecule has 0 fully saturated rings. The summed E-state index contributed by atoms with van der Waals surface area (Å²) in [6.45, 7) is 7.49. The van der Waals surface area contributed by atoms with Crippen molar-refractivity contribution in [3.8, 4) is 0 Å². The minimum Gasteiger partial charge on any atom is -0.443 e. The number of carbonyl (C=O) groups excluding carboxylic acids is 2. The Kier molecular flexibility index (Phi) is 7.14. The van der Waals surface area contributed by atoms with Gasteiger partial charge in [0.25, 0.3) is 0 Å². The molecule has 36 heavy (non-hydrogen) atoms. The number of allylic oxidation sites excluding steroid dienone is 1. The SMILES string of the molecule is CC/C(=C(/c1ccc(C=O)cc1)c1cccc2c1ccn2C(=O)OC(C)(C)C)c1ccc(F)cc1Cl. The van der Waals surface area contributed by atoms with E-state index in [9.17, 15) is 14.0 Å². The fraction of sp³-hybridized carbons (Fsp3) is 0.200. The van der Waals surface area contributed by atoms with Crippen LogP contribution in [0.3, 0.4) is 0 Å². The smallest absolute Gasteiger partial charge is 0.418 e. The Morgan fingerprint density at radius 1 is 1.03 bits per heavy atom. The maximum atomic E-state index is 13.9. The zero-order valence-corrected chi connectivity index (χ0v) is 21.4. The number of halogens is 2. The van der Waals surface area contributed by atoms with Gasteiger partial charge in [0.1, 0.15) is 17.7 Å². The summed E-state index contributed by atoms with van der Waals surface area (Å²) in [4.78, 5) is 24.2. The van der Waals surface area contributed by atoms with E-state index in [-0.39, 0.29) is 0 Å². The zero-order valence-electron chi connectivity index (χ0n) is 20.6. The van der Waals surface area contributed by atoms with Crippen LogP contribution in [-0.2, 0) is 4.74 Å². The van der Waals surface area contributed by atoms with Gasteiger partial charge in [0.05, 0.1) is 10.5 Å². The molecule has 4 aromatic rings. The first-order chi connectivity index (χ1) is 17.1. The van der Waals surface area contributed by atoms with Crippen molar-refractivity contribution in [2.24, 2.45) is 0 Å². The molecule has 4 rings (SSSR count). The zero-order chi connectivity index (χ0) is 26.0. The number of ether oxygens (including phenoxy) is 1. The van der Waals surface area contributed by atoms with Crippen molar-refractivity contribution >= 4 is 46.0 Å². The number of aldehydes is 1.